The maximum absolute atomic E-state index is 5.89. The lowest BCUT2D eigenvalue weighted by molar-refractivity contribution is 0.0107. The molecule has 134 valence electrons. The van der Waals surface area contributed by atoms with Crippen LogP contribution in [0.5, 0.6) is 0 Å². The number of anilines is 1. The van der Waals surface area contributed by atoms with E-state index >= 15 is 0 Å². The first-order chi connectivity index (χ1) is 12.0. The van der Waals surface area contributed by atoms with Crippen molar-refractivity contribution in [2.45, 2.75) is 39.8 Å². The number of hydrogen-bond donors (Lipinski definition) is 0. The summed E-state index contributed by atoms with van der Waals surface area (Å²) in [5.74, 6) is 2.34. The summed E-state index contributed by atoms with van der Waals surface area (Å²) in [4.78, 5) is 6.48. The summed E-state index contributed by atoms with van der Waals surface area (Å²) in [6.07, 6.45) is 4.60. The maximum Gasteiger partial charge on any atom is 0.227 e. The molecular formula is C19H27N5O. The molecule has 1 aliphatic rings. The molecular weight excluding hydrogens is 314 g/mol. The quantitative estimate of drug-likeness (QED) is 0.756. The predicted octanol–water partition coefficient (Wildman–Crippen LogP) is 2.70. The van der Waals surface area contributed by atoms with Crippen LogP contribution < -0.4 is 4.90 Å². The molecule has 0 spiro atoms. The fourth-order valence-electron chi connectivity index (χ4n) is 3.07. The Morgan fingerprint density at radius 1 is 1.40 bits per heavy atom. The first-order valence-electron chi connectivity index (χ1n) is 8.86. The molecule has 1 fully saturated rings. The van der Waals surface area contributed by atoms with Crippen LogP contribution >= 0.6 is 0 Å². The highest BCUT2D eigenvalue weighted by Gasteiger charge is 2.27. The Morgan fingerprint density at radius 2 is 2.24 bits per heavy atom. The third-order valence-corrected chi connectivity index (χ3v) is 4.44. The number of morpholine rings is 1. The van der Waals surface area contributed by atoms with Crippen molar-refractivity contribution in [3.05, 3.63) is 48.1 Å². The standard InChI is InChI=1S/C19H27N5O/c1-14(2)12-24-18(10-16-6-5-7-20-11-16)21-22-19(24)23-8-9-25-17(13-23)15(3)4/h5-7,11,15,17H,1,8-10,12-13H2,2-4H3/t17-/m0/s1. The van der Waals surface area contributed by atoms with Crippen molar-refractivity contribution >= 4 is 5.95 Å². The average Bonchev–Trinajstić information content (AvgIpc) is 2.98. The summed E-state index contributed by atoms with van der Waals surface area (Å²) in [5.41, 5.74) is 2.22. The molecule has 2 aromatic rings. The zero-order valence-corrected chi connectivity index (χ0v) is 15.4. The van der Waals surface area contributed by atoms with E-state index in [1.807, 2.05) is 19.2 Å². The number of pyridine rings is 1. The molecule has 0 aromatic carbocycles. The molecule has 3 rings (SSSR count). The Hall–Kier alpha value is -2.21. The van der Waals surface area contributed by atoms with E-state index in [4.69, 9.17) is 4.74 Å². The normalized spacial score (nSPS) is 17.9. The van der Waals surface area contributed by atoms with Gasteiger partial charge in [-0.15, -0.1) is 10.2 Å². The summed E-state index contributed by atoms with van der Waals surface area (Å²) >= 11 is 0. The van der Waals surface area contributed by atoms with Crippen molar-refractivity contribution in [2.24, 2.45) is 5.92 Å². The second kappa shape index (κ2) is 7.78. The molecule has 1 atom stereocenters. The minimum absolute atomic E-state index is 0.227. The van der Waals surface area contributed by atoms with Gasteiger partial charge in [-0.05, 0) is 24.5 Å². The molecule has 0 radical (unpaired) electrons. The Morgan fingerprint density at radius 3 is 2.92 bits per heavy atom. The first kappa shape index (κ1) is 17.6. The van der Waals surface area contributed by atoms with Crippen LogP contribution in [0.2, 0.25) is 0 Å². The Labute approximate surface area is 149 Å². The van der Waals surface area contributed by atoms with Gasteiger partial charge in [0.15, 0.2) is 0 Å². The zero-order valence-electron chi connectivity index (χ0n) is 15.4. The summed E-state index contributed by atoms with van der Waals surface area (Å²) < 4.78 is 8.07. The van der Waals surface area contributed by atoms with Crippen LogP contribution in [0, 0.1) is 5.92 Å². The van der Waals surface area contributed by atoms with Gasteiger partial charge in [-0.2, -0.15) is 0 Å². The molecule has 0 amide bonds. The number of allylic oxidation sites excluding steroid dienone is 1. The minimum atomic E-state index is 0.227. The van der Waals surface area contributed by atoms with Gasteiger partial charge in [-0.1, -0.05) is 32.1 Å². The van der Waals surface area contributed by atoms with Crippen LogP contribution in [0.25, 0.3) is 0 Å². The molecule has 0 aliphatic carbocycles. The van der Waals surface area contributed by atoms with Crippen molar-refractivity contribution < 1.29 is 4.74 Å². The van der Waals surface area contributed by atoms with Gasteiger partial charge in [0.1, 0.15) is 5.82 Å². The van der Waals surface area contributed by atoms with Crippen molar-refractivity contribution in [1.82, 2.24) is 19.7 Å². The van der Waals surface area contributed by atoms with E-state index in [2.05, 4.69) is 51.1 Å². The Kier molecular flexibility index (Phi) is 5.48. The van der Waals surface area contributed by atoms with E-state index in [0.717, 1.165) is 49.2 Å². The third kappa shape index (κ3) is 4.25. The zero-order chi connectivity index (χ0) is 17.8. The summed E-state index contributed by atoms with van der Waals surface area (Å²) in [6, 6.07) is 4.01. The van der Waals surface area contributed by atoms with Gasteiger partial charge in [-0.3, -0.25) is 9.55 Å². The van der Waals surface area contributed by atoms with Crippen molar-refractivity contribution in [1.29, 1.82) is 0 Å². The lowest BCUT2D eigenvalue weighted by Gasteiger charge is -2.35. The van der Waals surface area contributed by atoms with E-state index in [1.165, 1.54) is 0 Å². The molecule has 1 saturated heterocycles. The fourth-order valence-corrected chi connectivity index (χ4v) is 3.07. The van der Waals surface area contributed by atoms with Crippen LogP contribution in [0.3, 0.4) is 0 Å². The SMILES string of the molecule is C=C(C)Cn1c(Cc2cccnc2)nnc1N1CCO[C@H](C(C)C)C1. The Bertz CT molecular complexity index is 710. The average molecular weight is 341 g/mol. The van der Waals surface area contributed by atoms with Crippen LogP contribution in [-0.4, -0.2) is 45.5 Å². The lowest BCUT2D eigenvalue weighted by atomic mass is 10.1. The number of nitrogens with zero attached hydrogens (tertiary/aromatic N) is 5. The molecule has 0 saturated carbocycles. The monoisotopic (exact) mass is 341 g/mol. The number of hydrogen-bond acceptors (Lipinski definition) is 5. The van der Waals surface area contributed by atoms with Gasteiger partial charge in [0.25, 0.3) is 0 Å². The minimum Gasteiger partial charge on any atom is -0.374 e. The predicted molar refractivity (Wildman–Crippen MR) is 98.7 cm³/mol. The number of ether oxygens (including phenoxy) is 1. The van der Waals surface area contributed by atoms with Crippen LogP contribution in [0.1, 0.15) is 32.2 Å². The highest BCUT2D eigenvalue weighted by Crippen LogP contribution is 2.22. The maximum atomic E-state index is 5.89. The fraction of sp³-hybridized carbons (Fsp3) is 0.526. The van der Waals surface area contributed by atoms with E-state index in [1.54, 1.807) is 6.20 Å². The summed E-state index contributed by atoms with van der Waals surface area (Å²) in [7, 11) is 0. The molecule has 2 aromatic heterocycles. The molecule has 25 heavy (non-hydrogen) atoms. The van der Waals surface area contributed by atoms with Gasteiger partial charge in [0, 0.05) is 38.4 Å². The highest BCUT2D eigenvalue weighted by molar-refractivity contribution is 5.34. The molecule has 1 aliphatic heterocycles. The lowest BCUT2D eigenvalue weighted by Crippen LogP contribution is -2.45. The van der Waals surface area contributed by atoms with E-state index in [0.29, 0.717) is 12.3 Å². The van der Waals surface area contributed by atoms with E-state index in [9.17, 15) is 0 Å². The van der Waals surface area contributed by atoms with Crippen LogP contribution in [0.4, 0.5) is 5.95 Å². The third-order valence-electron chi connectivity index (χ3n) is 4.44. The van der Waals surface area contributed by atoms with Crippen LogP contribution in [0.15, 0.2) is 36.7 Å². The van der Waals surface area contributed by atoms with Crippen molar-refractivity contribution in [3.63, 3.8) is 0 Å². The summed E-state index contributed by atoms with van der Waals surface area (Å²) in [6.45, 7) is 13.6. The second-order valence-electron chi connectivity index (χ2n) is 7.10. The second-order valence-corrected chi connectivity index (χ2v) is 7.10. The van der Waals surface area contributed by atoms with Crippen LogP contribution in [-0.2, 0) is 17.7 Å². The molecule has 0 bridgehead atoms. The van der Waals surface area contributed by atoms with E-state index in [-0.39, 0.29) is 6.10 Å². The molecule has 3 heterocycles. The van der Waals surface area contributed by atoms with Crippen molar-refractivity contribution in [3.8, 4) is 0 Å². The largest absolute Gasteiger partial charge is 0.374 e. The number of aromatic nitrogens is 4. The van der Waals surface area contributed by atoms with Gasteiger partial charge >= 0.3 is 0 Å². The van der Waals surface area contributed by atoms with Gasteiger partial charge in [0.05, 0.1) is 12.7 Å². The Balaban J connectivity index is 1.87. The topological polar surface area (TPSA) is 56.1 Å². The van der Waals surface area contributed by atoms with Gasteiger partial charge < -0.3 is 9.64 Å². The number of rotatable bonds is 6. The highest BCUT2D eigenvalue weighted by atomic mass is 16.5. The molecule has 0 N–H and O–H groups in total. The first-order valence-corrected chi connectivity index (χ1v) is 8.86. The molecule has 0 unspecified atom stereocenters. The van der Waals surface area contributed by atoms with Gasteiger partial charge in [0.2, 0.25) is 5.95 Å². The smallest absolute Gasteiger partial charge is 0.227 e. The van der Waals surface area contributed by atoms with Gasteiger partial charge in [-0.25, -0.2) is 0 Å². The van der Waals surface area contributed by atoms with Crippen molar-refractivity contribution in [2.75, 3.05) is 24.6 Å². The molecule has 6 heteroatoms. The van der Waals surface area contributed by atoms with E-state index < -0.39 is 0 Å². The molecule has 6 nitrogen and oxygen atoms in total. The summed E-state index contributed by atoms with van der Waals surface area (Å²) in [5, 5.41) is 8.98.